The summed E-state index contributed by atoms with van der Waals surface area (Å²) in [4.78, 5) is 0. The van der Waals surface area contributed by atoms with Crippen molar-refractivity contribution >= 4 is 0 Å². The van der Waals surface area contributed by atoms with Crippen LogP contribution >= 0.6 is 0 Å². The van der Waals surface area contributed by atoms with E-state index in [1.54, 1.807) is 0 Å². The second-order valence-corrected chi connectivity index (χ2v) is 6.53. The molecule has 2 aliphatic carbocycles. The fraction of sp³-hybridized carbons (Fsp3) is 0.667. The zero-order chi connectivity index (χ0) is 13.9. The lowest BCUT2D eigenvalue weighted by atomic mass is 9.85. The Labute approximate surface area is 122 Å². The molecular formula is C18H27NO. The van der Waals surface area contributed by atoms with Gasteiger partial charge in [-0.2, -0.15) is 0 Å². The summed E-state index contributed by atoms with van der Waals surface area (Å²) < 4.78 is 6.21. The van der Waals surface area contributed by atoms with Crippen molar-refractivity contribution in [3.63, 3.8) is 0 Å². The van der Waals surface area contributed by atoms with Crippen LogP contribution in [0.3, 0.4) is 0 Å². The Balaban J connectivity index is 1.64. The lowest BCUT2D eigenvalue weighted by Gasteiger charge is -2.29. The molecule has 2 heteroatoms. The Morgan fingerprint density at radius 3 is 2.70 bits per heavy atom. The van der Waals surface area contributed by atoms with E-state index in [4.69, 9.17) is 10.5 Å². The Morgan fingerprint density at radius 1 is 1.15 bits per heavy atom. The molecule has 0 heterocycles. The zero-order valence-electron chi connectivity index (χ0n) is 12.6. The maximum atomic E-state index is 6.21. The van der Waals surface area contributed by atoms with Crippen molar-refractivity contribution in [1.82, 2.24) is 0 Å². The van der Waals surface area contributed by atoms with Crippen molar-refractivity contribution < 1.29 is 4.74 Å². The first kappa shape index (κ1) is 13.9. The molecular weight excluding hydrogens is 246 g/mol. The maximum absolute atomic E-state index is 6.21. The maximum Gasteiger partial charge on any atom is 0.120 e. The highest BCUT2D eigenvalue weighted by molar-refractivity contribution is 5.39. The molecule has 0 saturated heterocycles. The Hall–Kier alpha value is -1.02. The molecule has 0 radical (unpaired) electrons. The van der Waals surface area contributed by atoms with Crippen LogP contribution in [0.5, 0.6) is 5.75 Å². The molecule has 0 aromatic heterocycles. The normalized spacial score (nSPS) is 29.8. The number of nitrogens with two attached hydrogens (primary N) is 1. The first-order chi connectivity index (χ1) is 9.76. The van der Waals surface area contributed by atoms with Crippen LogP contribution in [0.4, 0.5) is 0 Å². The van der Waals surface area contributed by atoms with Gasteiger partial charge in [0.2, 0.25) is 0 Å². The molecule has 2 aliphatic rings. The lowest BCUT2D eigenvalue weighted by Crippen LogP contribution is -2.24. The Bertz CT molecular complexity index is 449. The zero-order valence-corrected chi connectivity index (χ0v) is 12.6. The summed E-state index contributed by atoms with van der Waals surface area (Å²) in [6.07, 6.45) is 10.3. The van der Waals surface area contributed by atoms with Crippen molar-refractivity contribution in [2.45, 2.75) is 70.4 Å². The van der Waals surface area contributed by atoms with Crippen molar-refractivity contribution in [1.29, 1.82) is 0 Å². The molecule has 2 N–H and O–H groups in total. The van der Waals surface area contributed by atoms with Gasteiger partial charge in [-0.3, -0.25) is 0 Å². The van der Waals surface area contributed by atoms with E-state index in [2.05, 4.69) is 25.1 Å². The molecule has 1 unspecified atom stereocenters. The van der Waals surface area contributed by atoms with E-state index in [1.807, 2.05) is 0 Å². The third kappa shape index (κ3) is 3.01. The number of hydrogen-bond donors (Lipinski definition) is 1. The summed E-state index contributed by atoms with van der Waals surface area (Å²) >= 11 is 0. The molecule has 0 bridgehead atoms. The van der Waals surface area contributed by atoms with Gasteiger partial charge in [-0.25, -0.2) is 0 Å². The van der Waals surface area contributed by atoms with E-state index in [0.717, 1.165) is 24.5 Å². The molecule has 3 rings (SSSR count). The molecule has 20 heavy (non-hydrogen) atoms. The summed E-state index contributed by atoms with van der Waals surface area (Å²) in [5.41, 5.74) is 8.91. The van der Waals surface area contributed by atoms with Gasteiger partial charge in [-0.1, -0.05) is 19.4 Å². The average Bonchev–Trinajstić information content (AvgIpc) is 2.48. The molecule has 0 aliphatic heterocycles. The molecule has 1 aromatic carbocycles. The van der Waals surface area contributed by atoms with Crippen LogP contribution < -0.4 is 10.5 Å². The van der Waals surface area contributed by atoms with Crippen LogP contribution in [-0.2, 0) is 6.42 Å². The summed E-state index contributed by atoms with van der Waals surface area (Å²) in [5, 5.41) is 0. The third-order valence-electron chi connectivity index (χ3n) is 5.15. The Kier molecular flexibility index (Phi) is 4.30. The second-order valence-electron chi connectivity index (χ2n) is 6.53. The van der Waals surface area contributed by atoms with Gasteiger partial charge in [0.15, 0.2) is 0 Å². The minimum Gasteiger partial charge on any atom is -0.490 e. The van der Waals surface area contributed by atoms with Gasteiger partial charge in [-0.15, -0.1) is 0 Å². The predicted molar refractivity (Wildman–Crippen MR) is 83.0 cm³/mol. The molecule has 1 fully saturated rings. The second kappa shape index (κ2) is 6.17. The van der Waals surface area contributed by atoms with Crippen LogP contribution in [0, 0.1) is 5.92 Å². The fourth-order valence-electron chi connectivity index (χ4n) is 3.75. The molecule has 1 aromatic rings. The van der Waals surface area contributed by atoms with E-state index >= 15 is 0 Å². The number of benzene rings is 1. The van der Waals surface area contributed by atoms with Gasteiger partial charge in [-0.05, 0) is 74.1 Å². The van der Waals surface area contributed by atoms with Crippen molar-refractivity contribution in [3.8, 4) is 5.75 Å². The number of ether oxygens (including phenoxy) is 1. The molecule has 1 atom stereocenters. The number of fused-ring (bicyclic) bond motifs is 1. The number of rotatable bonds is 3. The van der Waals surface area contributed by atoms with E-state index in [9.17, 15) is 0 Å². The molecule has 2 nitrogen and oxygen atoms in total. The summed E-state index contributed by atoms with van der Waals surface area (Å²) in [5.74, 6) is 1.98. The van der Waals surface area contributed by atoms with Crippen LogP contribution in [0.1, 0.15) is 69.0 Å². The topological polar surface area (TPSA) is 35.2 Å². The Morgan fingerprint density at radius 2 is 1.95 bits per heavy atom. The standard InChI is InChI=1S/C18H27NO/c1-2-13-6-8-15(9-7-13)20-16-10-11-17-14(12-16)4-3-5-18(17)19/h10-13,15,18H,2-9,19H2,1H3. The molecule has 0 amide bonds. The molecule has 1 saturated carbocycles. The minimum absolute atomic E-state index is 0.229. The van der Waals surface area contributed by atoms with E-state index in [1.165, 1.54) is 49.7 Å². The monoisotopic (exact) mass is 273 g/mol. The van der Waals surface area contributed by atoms with Crippen molar-refractivity contribution in [2.75, 3.05) is 0 Å². The highest BCUT2D eigenvalue weighted by Crippen LogP contribution is 2.33. The number of hydrogen-bond acceptors (Lipinski definition) is 2. The van der Waals surface area contributed by atoms with Gasteiger partial charge in [0.05, 0.1) is 6.10 Å². The van der Waals surface area contributed by atoms with Gasteiger partial charge < -0.3 is 10.5 Å². The van der Waals surface area contributed by atoms with Gasteiger partial charge >= 0.3 is 0 Å². The smallest absolute Gasteiger partial charge is 0.120 e. The van der Waals surface area contributed by atoms with Crippen LogP contribution in [0.2, 0.25) is 0 Å². The van der Waals surface area contributed by atoms with Gasteiger partial charge in [0.1, 0.15) is 5.75 Å². The highest BCUT2D eigenvalue weighted by Gasteiger charge is 2.22. The summed E-state index contributed by atoms with van der Waals surface area (Å²) in [6.45, 7) is 2.30. The fourth-order valence-corrected chi connectivity index (χ4v) is 3.75. The van der Waals surface area contributed by atoms with E-state index in [-0.39, 0.29) is 6.04 Å². The van der Waals surface area contributed by atoms with E-state index < -0.39 is 0 Å². The summed E-state index contributed by atoms with van der Waals surface area (Å²) in [7, 11) is 0. The first-order valence-corrected chi connectivity index (χ1v) is 8.31. The summed E-state index contributed by atoms with van der Waals surface area (Å²) in [6, 6.07) is 6.77. The van der Waals surface area contributed by atoms with Crippen molar-refractivity contribution in [2.24, 2.45) is 11.7 Å². The van der Waals surface area contributed by atoms with Crippen LogP contribution in [0.25, 0.3) is 0 Å². The van der Waals surface area contributed by atoms with Gasteiger partial charge in [0, 0.05) is 6.04 Å². The number of aryl methyl sites for hydroxylation is 1. The first-order valence-electron chi connectivity index (χ1n) is 8.31. The van der Waals surface area contributed by atoms with Crippen LogP contribution in [0.15, 0.2) is 18.2 Å². The highest BCUT2D eigenvalue weighted by atomic mass is 16.5. The lowest BCUT2D eigenvalue weighted by molar-refractivity contribution is 0.130. The van der Waals surface area contributed by atoms with E-state index in [0.29, 0.717) is 6.10 Å². The predicted octanol–water partition coefficient (Wildman–Crippen LogP) is 4.37. The SMILES string of the molecule is CCC1CCC(Oc2ccc3c(c2)CCCC3N)CC1. The average molecular weight is 273 g/mol. The molecule has 0 spiro atoms. The van der Waals surface area contributed by atoms with Gasteiger partial charge in [0.25, 0.3) is 0 Å². The largest absolute Gasteiger partial charge is 0.490 e. The minimum atomic E-state index is 0.229. The van der Waals surface area contributed by atoms with Crippen molar-refractivity contribution in [3.05, 3.63) is 29.3 Å². The quantitative estimate of drug-likeness (QED) is 0.887. The van der Waals surface area contributed by atoms with Crippen LogP contribution in [-0.4, -0.2) is 6.10 Å². The molecule has 110 valence electrons. The third-order valence-corrected chi connectivity index (χ3v) is 5.15.